The van der Waals surface area contributed by atoms with Crippen LogP contribution in [0.25, 0.3) is 33.3 Å². The Morgan fingerprint density at radius 3 is 2.72 bits per heavy atom. The van der Waals surface area contributed by atoms with E-state index >= 15 is 0 Å². The van der Waals surface area contributed by atoms with Crippen LogP contribution in [0.1, 0.15) is 13.3 Å². The van der Waals surface area contributed by atoms with Crippen LogP contribution in [0, 0.1) is 0 Å². The summed E-state index contributed by atoms with van der Waals surface area (Å²) in [5.74, 6) is 1.13. The average Bonchev–Trinajstić information content (AvgIpc) is 3.31. The monoisotopic (exact) mass is 464 g/mol. The normalized spacial score (nSPS) is 10.7. The zero-order valence-corrected chi connectivity index (χ0v) is 19.0. The molecule has 4 rings (SSSR count). The van der Waals surface area contributed by atoms with E-state index in [0.29, 0.717) is 34.6 Å². The Balaban J connectivity index is 1.78. The lowest BCUT2D eigenvalue weighted by Crippen LogP contribution is -1.98. The fourth-order valence-electron chi connectivity index (χ4n) is 2.90. The highest BCUT2D eigenvalue weighted by molar-refractivity contribution is 7.18. The summed E-state index contributed by atoms with van der Waals surface area (Å²) in [5, 5.41) is 4.68. The molecule has 9 heteroatoms. The molecule has 0 spiro atoms. The van der Waals surface area contributed by atoms with E-state index in [1.807, 2.05) is 24.4 Å². The van der Waals surface area contributed by atoms with Crippen molar-refractivity contribution in [3.63, 3.8) is 0 Å². The van der Waals surface area contributed by atoms with E-state index in [1.54, 1.807) is 30.7 Å². The van der Waals surface area contributed by atoms with Crippen molar-refractivity contribution in [2.24, 2.45) is 0 Å². The Labute approximate surface area is 195 Å². The smallest absolute Gasteiger partial charge is 0.183 e. The van der Waals surface area contributed by atoms with Crippen LogP contribution in [0.3, 0.4) is 0 Å². The molecule has 0 radical (unpaired) electrons. The summed E-state index contributed by atoms with van der Waals surface area (Å²) in [4.78, 5) is 23.3. The summed E-state index contributed by atoms with van der Waals surface area (Å²) in [5.41, 5.74) is 2.75. The lowest BCUT2D eigenvalue weighted by atomic mass is 10.1. The molecular weight excluding hydrogens is 444 g/mol. The van der Waals surface area contributed by atoms with Crippen molar-refractivity contribution in [3.8, 4) is 39.1 Å². The van der Waals surface area contributed by atoms with Gasteiger partial charge in [-0.1, -0.05) is 42.5 Å². The third kappa shape index (κ3) is 5.09. The van der Waals surface area contributed by atoms with Gasteiger partial charge in [0.15, 0.2) is 11.0 Å². The maximum atomic E-state index is 6.59. The highest BCUT2D eigenvalue weighted by atomic mass is 35.5. The molecule has 0 atom stereocenters. The lowest BCUT2D eigenvalue weighted by Gasteiger charge is -2.10. The summed E-state index contributed by atoms with van der Waals surface area (Å²) < 4.78 is 5.58. The minimum Gasteiger partial charge on any atom is -0.490 e. The lowest BCUT2D eigenvalue weighted by molar-refractivity contribution is 0.363. The van der Waals surface area contributed by atoms with Gasteiger partial charge in [-0.15, -0.1) is 0 Å². The number of ether oxygens (including phenoxy) is 1. The van der Waals surface area contributed by atoms with E-state index in [-0.39, 0.29) is 0 Å². The predicted octanol–water partition coefficient (Wildman–Crippen LogP) is 5.76. The molecule has 0 saturated carbocycles. The van der Waals surface area contributed by atoms with Crippen molar-refractivity contribution in [1.29, 1.82) is 0 Å². The number of benzene rings is 1. The second-order valence-corrected chi connectivity index (χ2v) is 8.19. The van der Waals surface area contributed by atoms with Gasteiger partial charge in [0, 0.05) is 30.7 Å². The van der Waals surface area contributed by atoms with Gasteiger partial charge in [-0.25, -0.2) is 19.9 Å². The van der Waals surface area contributed by atoms with Crippen LogP contribution in [-0.4, -0.2) is 38.1 Å². The number of hydrogen-bond acceptors (Lipinski definition) is 8. The van der Waals surface area contributed by atoms with Crippen molar-refractivity contribution in [3.05, 3.63) is 66.7 Å². The van der Waals surface area contributed by atoms with Gasteiger partial charge in [-0.2, -0.15) is 0 Å². The molecule has 0 aliphatic heterocycles. The molecular formula is C23H21ClN6OS. The fourth-order valence-corrected chi connectivity index (χ4v) is 3.97. The number of halogens is 1. The SMILES string of the molecule is C=CCOc1ccc(-c2cc(-c3cnc(NCCC)s3)nc(-c3cnccn3)n2)c(Cl)c1. The largest absolute Gasteiger partial charge is 0.490 e. The van der Waals surface area contributed by atoms with Crippen LogP contribution in [0.5, 0.6) is 5.75 Å². The van der Waals surface area contributed by atoms with Crippen LogP contribution in [0.2, 0.25) is 5.02 Å². The summed E-state index contributed by atoms with van der Waals surface area (Å²) in [7, 11) is 0. The van der Waals surface area contributed by atoms with Gasteiger partial charge in [0.1, 0.15) is 18.1 Å². The molecule has 0 fully saturated rings. The van der Waals surface area contributed by atoms with Gasteiger partial charge >= 0.3 is 0 Å². The zero-order valence-electron chi connectivity index (χ0n) is 17.5. The first kappa shape index (κ1) is 21.9. The Morgan fingerprint density at radius 2 is 1.97 bits per heavy atom. The Morgan fingerprint density at radius 1 is 1.09 bits per heavy atom. The highest BCUT2D eigenvalue weighted by Crippen LogP contribution is 2.35. The maximum Gasteiger partial charge on any atom is 0.183 e. The van der Waals surface area contributed by atoms with E-state index < -0.39 is 0 Å². The molecule has 0 unspecified atom stereocenters. The van der Waals surface area contributed by atoms with Crippen molar-refractivity contribution < 1.29 is 4.74 Å². The summed E-state index contributed by atoms with van der Waals surface area (Å²) in [6.45, 7) is 7.05. The molecule has 1 aromatic carbocycles. The number of hydrogen-bond donors (Lipinski definition) is 1. The first-order valence-electron chi connectivity index (χ1n) is 10.1. The zero-order chi connectivity index (χ0) is 22.3. The number of aromatic nitrogens is 5. The van der Waals surface area contributed by atoms with Crippen molar-refractivity contribution in [1.82, 2.24) is 24.9 Å². The topological polar surface area (TPSA) is 85.7 Å². The van der Waals surface area contributed by atoms with E-state index in [0.717, 1.165) is 34.2 Å². The quantitative estimate of drug-likeness (QED) is 0.315. The van der Waals surface area contributed by atoms with Crippen LogP contribution in [0.4, 0.5) is 5.13 Å². The third-order valence-corrected chi connectivity index (χ3v) is 5.68. The van der Waals surface area contributed by atoms with Gasteiger partial charge in [-0.05, 0) is 30.7 Å². The molecule has 0 bridgehead atoms. The Bertz CT molecular complexity index is 1210. The number of anilines is 1. The molecule has 162 valence electrons. The van der Waals surface area contributed by atoms with Crippen LogP contribution in [0.15, 0.2) is 61.7 Å². The van der Waals surface area contributed by atoms with Crippen LogP contribution in [-0.2, 0) is 0 Å². The predicted molar refractivity (Wildman–Crippen MR) is 129 cm³/mol. The van der Waals surface area contributed by atoms with Gasteiger partial charge in [0.2, 0.25) is 0 Å². The molecule has 1 N–H and O–H groups in total. The Kier molecular flexibility index (Phi) is 7.03. The van der Waals surface area contributed by atoms with Gasteiger partial charge < -0.3 is 10.1 Å². The van der Waals surface area contributed by atoms with Crippen molar-refractivity contribution in [2.75, 3.05) is 18.5 Å². The standard InChI is InChI=1S/C23H21ClN6OS/c1-3-7-27-23-28-14-21(32-23)19-12-18(29-22(30-19)20-13-25-8-9-26-20)16-6-5-15(11-17(16)24)31-10-4-2/h4-6,8-9,11-14H,2-3,7,10H2,1H3,(H,27,28). The average molecular weight is 465 g/mol. The summed E-state index contributed by atoms with van der Waals surface area (Å²) in [6.07, 6.45) is 9.38. The second-order valence-electron chi connectivity index (χ2n) is 6.75. The van der Waals surface area contributed by atoms with Gasteiger partial charge in [-0.3, -0.25) is 4.98 Å². The number of nitrogens with zero attached hydrogens (tertiary/aromatic N) is 5. The second kappa shape index (κ2) is 10.3. The van der Waals surface area contributed by atoms with E-state index in [9.17, 15) is 0 Å². The van der Waals surface area contributed by atoms with E-state index in [4.69, 9.17) is 26.3 Å². The van der Waals surface area contributed by atoms with E-state index in [1.165, 1.54) is 11.3 Å². The van der Waals surface area contributed by atoms with Crippen molar-refractivity contribution in [2.45, 2.75) is 13.3 Å². The van der Waals surface area contributed by atoms with E-state index in [2.05, 4.69) is 33.8 Å². The van der Waals surface area contributed by atoms with Gasteiger partial charge in [0.05, 0.1) is 27.5 Å². The number of nitrogens with one attached hydrogen (secondary N) is 1. The fraction of sp³-hybridized carbons (Fsp3) is 0.174. The summed E-state index contributed by atoms with van der Waals surface area (Å²) >= 11 is 8.13. The molecule has 0 saturated heterocycles. The molecule has 3 heterocycles. The van der Waals surface area contributed by atoms with Crippen LogP contribution >= 0.6 is 22.9 Å². The molecule has 3 aromatic heterocycles. The molecule has 32 heavy (non-hydrogen) atoms. The minimum absolute atomic E-state index is 0.407. The van der Waals surface area contributed by atoms with Gasteiger partial charge in [0.25, 0.3) is 0 Å². The third-order valence-electron chi connectivity index (χ3n) is 4.39. The number of rotatable bonds is 9. The van der Waals surface area contributed by atoms with Crippen LogP contribution < -0.4 is 10.1 Å². The highest BCUT2D eigenvalue weighted by Gasteiger charge is 2.15. The molecule has 4 aromatic rings. The molecule has 0 amide bonds. The first-order chi connectivity index (χ1) is 15.7. The Hall–Kier alpha value is -3.36. The number of thiazole rings is 1. The molecule has 0 aliphatic carbocycles. The maximum absolute atomic E-state index is 6.59. The minimum atomic E-state index is 0.407. The molecule has 7 nitrogen and oxygen atoms in total. The first-order valence-corrected chi connectivity index (χ1v) is 11.3. The van der Waals surface area contributed by atoms with Crippen molar-refractivity contribution >= 4 is 28.1 Å². The summed E-state index contributed by atoms with van der Waals surface area (Å²) in [6, 6.07) is 7.41. The molecule has 0 aliphatic rings.